The summed E-state index contributed by atoms with van der Waals surface area (Å²) >= 11 is 0. The first-order valence-electron chi connectivity index (χ1n) is 7.29. The van der Waals surface area contributed by atoms with Crippen LogP contribution in [0.1, 0.15) is 19.8 Å². The van der Waals surface area contributed by atoms with Crippen LogP contribution in [0, 0.1) is 0 Å². The van der Waals surface area contributed by atoms with Crippen molar-refractivity contribution in [1.82, 2.24) is 4.57 Å². The van der Waals surface area contributed by atoms with Crippen molar-refractivity contribution in [3.05, 3.63) is 42.6 Å². The minimum atomic E-state index is -3.62. The molecule has 0 spiro atoms. The number of hydrogen-bond acceptors (Lipinski definition) is 3. The van der Waals surface area contributed by atoms with E-state index in [0.717, 1.165) is 12.8 Å². The minimum absolute atomic E-state index is 0.240. The predicted octanol–water partition coefficient (Wildman–Crippen LogP) is 3.03. The monoisotopic (exact) mass is 322 g/mol. The van der Waals surface area contributed by atoms with E-state index >= 15 is 0 Å². The molecule has 0 atom stereocenters. The fourth-order valence-electron chi connectivity index (χ4n) is 2.26. The topological polar surface area (TPSA) is 51.5 Å². The van der Waals surface area contributed by atoms with Gasteiger partial charge in [-0.3, -0.25) is 4.31 Å². The molecule has 0 aliphatic carbocycles. The van der Waals surface area contributed by atoms with Crippen molar-refractivity contribution in [3.63, 3.8) is 0 Å². The van der Waals surface area contributed by atoms with Gasteiger partial charge in [0.15, 0.2) is 0 Å². The number of benzene rings is 1. The van der Waals surface area contributed by atoms with Gasteiger partial charge in [-0.2, -0.15) is 0 Å². The molecule has 5 nitrogen and oxygen atoms in total. The lowest BCUT2D eigenvalue weighted by Gasteiger charge is -2.24. The lowest BCUT2D eigenvalue weighted by molar-refractivity contribution is 0.413. The molecule has 0 fully saturated rings. The van der Waals surface area contributed by atoms with E-state index in [0.29, 0.717) is 18.1 Å². The van der Waals surface area contributed by atoms with Crippen LogP contribution in [0.25, 0.3) is 0 Å². The fraction of sp³-hybridized carbons (Fsp3) is 0.375. The Kier molecular flexibility index (Phi) is 5.13. The Bertz CT molecular complexity index is 722. The second-order valence-corrected chi connectivity index (χ2v) is 6.95. The molecule has 0 radical (unpaired) electrons. The highest BCUT2D eigenvalue weighted by Gasteiger charge is 2.26. The molecule has 22 heavy (non-hydrogen) atoms. The number of aryl methyl sites for hydroxylation is 1. The Morgan fingerprint density at radius 3 is 2.59 bits per heavy atom. The number of anilines is 1. The van der Waals surface area contributed by atoms with Gasteiger partial charge in [-0.05, 0) is 30.7 Å². The molecule has 0 aliphatic rings. The molecule has 6 heteroatoms. The summed E-state index contributed by atoms with van der Waals surface area (Å²) < 4.78 is 34.4. The quantitative estimate of drug-likeness (QED) is 0.787. The molecule has 120 valence electrons. The van der Waals surface area contributed by atoms with E-state index < -0.39 is 10.0 Å². The molecule has 0 N–H and O–H groups in total. The summed E-state index contributed by atoms with van der Waals surface area (Å²) in [5.41, 5.74) is 0. The molecule has 0 bridgehead atoms. The van der Waals surface area contributed by atoms with Gasteiger partial charge >= 0.3 is 0 Å². The standard InChI is InChI=1S/C16H22N2O3S/c1-4-5-12-18(16-10-7-11-17(16)2)22(19,20)15-9-6-8-14(13-15)21-3/h6-11,13H,4-5,12H2,1-3H3. The third-order valence-electron chi connectivity index (χ3n) is 3.52. The van der Waals surface area contributed by atoms with Crippen molar-refractivity contribution < 1.29 is 13.2 Å². The molecular formula is C16H22N2O3S. The summed E-state index contributed by atoms with van der Waals surface area (Å²) in [5, 5.41) is 0. The van der Waals surface area contributed by atoms with Crippen LogP contribution in [0.5, 0.6) is 5.75 Å². The van der Waals surface area contributed by atoms with Crippen molar-refractivity contribution in [2.45, 2.75) is 24.7 Å². The van der Waals surface area contributed by atoms with E-state index in [1.807, 2.05) is 36.9 Å². The van der Waals surface area contributed by atoms with Gasteiger partial charge in [0.1, 0.15) is 11.6 Å². The average molecular weight is 322 g/mol. The Hall–Kier alpha value is -1.95. The SMILES string of the molecule is CCCCN(c1cccn1C)S(=O)(=O)c1cccc(OC)c1. The number of nitrogens with zero attached hydrogens (tertiary/aromatic N) is 2. The first-order valence-corrected chi connectivity index (χ1v) is 8.73. The van der Waals surface area contributed by atoms with Crippen molar-refractivity contribution >= 4 is 15.8 Å². The van der Waals surface area contributed by atoms with Crippen LogP contribution in [0.3, 0.4) is 0 Å². The molecule has 1 aromatic heterocycles. The highest BCUT2D eigenvalue weighted by Crippen LogP contribution is 2.26. The highest BCUT2D eigenvalue weighted by atomic mass is 32.2. The number of hydrogen-bond donors (Lipinski definition) is 0. The summed E-state index contributed by atoms with van der Waals surface area (Å²) in [6.45, 7) is 2.50. The molecule has 0 amide bonds. The van der Waals surface area contributed by atoms with Crippen LogP contribution in [-0.4, -0.2) is 26.6 Å². The Morgan fingerprint density at radius 2 is 2.00 bits per heavy atom. The molecule has 2 aromatic rings. The first kappa shape index (κ1) is 16.4. The average Bonchev–Trinajstić information content (AvgIpc) is 2.93. The molecule has 2 rings (SSSR count). The molecule has 0 saturated heterocycles. The zero-order valence-corrected chi connectivity index (χ0v) is 14.0. The van der Waals surface area contributed by atoms with E-state index in [9.17, 15) is 8.42 Å². The van der Waals surface area contributed by atoms with E-state index in [-0.39, 0.29) is 4.90 Å². The van der Waals surface area contributed by atoms with Crippen LogP contribution < -0.4 is 9.04 Å². The summed E-state index contributed by atoms with van der Waals surface area (Å²) in [7, 11) is -0.251. The van der Waals surface area contributed by atoms with Crippen molar-refractivity contribution in [1.29, 1.82) is 0 Å². The third-order valence-corrected chi connectivity index (χ3v) is 5.32. The molecule has 1 aromatic carbocycles. The fourth-order valence-corrected chi connectivity index (χ4v) is 3.84. The maximum atomic E-state index is 13.0. The Labute approximate surface area is 132 Å². The lowest BCUT2D eigenvalue weighted by atomic mass is 10.3. The van der Waals surface area contributed by atoms with Crippen LogP contribution >= 0.6 is 0 Å². The van der Waals surface area contributed by atoms with Gasteiger partial charge in [-0.1, -0.05) is 19.4 Å². The van der Waals surface area contributed by atoms with Crippen molar-refractivity contribution in [3.8, 4) is 5.75 Å². The van der Waals surface area contributed by atoms with Gasteiger partial charge in [-0.15, -0.1) is 0 Å². The third kappa shape index (κ3) is 3.27. The van der Waals surface area contributed by atoms with Gasteiger partial charge in [0.2, 0.25) is 0 Å². The second-order valence-electron chi connectivity index (χ2n) is 5.09. The van der Waals surface area contributed by atoms with E-state index in [2.05, 4.69) is 0 Å². The van der Waals surface area contributed by atoms with Crippen molar-refractivity contribution in [2.24, 2.45) is 7.05 Å². The number of methoxy groups -OCH3 is 1. The zero-order valence-electron chi connectivity index (χ0n) is 13.2. The van der Waals surface area contributed by atoms with E-state index in [4.69, 9.17) is 4.74 Å². The Morgan fingerprint density at radius 1 is 1.23 bits per heavy atom. The second kappa shape index (κ2) is 6.87. The molecule has 1 heterocycles. The number of ether oxygens (including phenoxy) is 1. The molecule has 0 saturated carbocycles. The summed E-state index contributed by atoms with van der Waals surface area (Å²) in [6.07, 6.45) is 3.57. The van der Waals surface area contributed by atoms with Gasteiger partial charge < -0.3 is 9.30 Å². The van der Waals surface area contributed by atoms with E-state index in [1.165, 1.54) is 11.4 Å². The number of rotatable bonds is 7. The maximum Gasteiger partial charge on any atom is 0.265 e. The summed E-state index contributed by atoms with van der Waals surface area (Å²) in [4.78, 5) is 0.240. The van der Waals surface area contributed by atoms with Gasteiger partial charge in [0.25, 0.3) is 10.0 Å². The first-order chi connectivity index (χ1) is 10.5. The molecule has 0 aliphatic heterocycles. The van der Waals surface area contributed by atoms with E-state index in [1.54, 1.807) is 24.3 Å². The van der Waals surface area contributed by atoms with Crippen LogP contribution in [0.4, 0.5) is 5.82 Å². The van der Waals surface area contributed by atoms with Gasteiger partial charge in [0.05, 0.1) is 12.0 Å². The predicted molar refractivity (Wildman–Crippen MR) is 87.8 cm³/mol. The maximum absolute atomic E-state index is 13.0. The number of sulfonamides is 1. The smallest absolute Gasteiger partial charge is 0.265 e. The minimum Gasteiger partial charge on any atom is -0.497 e. The largest absolute Gasteiger partial charge is 0.497 e. The van der Waals surface area contributed by atoms with Gasteiger partial charge in [-0.25, -0.2) is 8.42 Å². The summed E-state index contributed by atoms with van der Waals surface area (Å²) in [6, 6.07) is 10.2. The normalized spacial score (nSPS) is 11.4. The van der Waals surface area contributed by atoms with Crippen LogP contribution in [0.15, 0.2) is 47.5 Å². The number of aromatic nitrogens is 1. The number of unbranched alkanes of at least 4 members (excludes halogenated alkanes) is 1. The van der Waals surface area contributed by atoms with Crippen LogP contribution in [0.2, 0.25) is 0 Å². The molecule has 0 unspecified atom stereocenters. The highest BCUT2D eigenvalue weighted by molar-refractivity contribution is 7.92. The zero-order chi connectivity index (χ0) is 16.2. The Balaban J connectivity index is 2.47. The van der Waals surface area contributed by atoms with Crippen molar-refractivity contribution in [2.75, 3.05) is 18.0 Å². The molecular weight excluding hydrogens is 300 g/mol. The summed E-state index contributed by atoms with van der Waals surface area (Å²) in [5.74, 6) is 1.19. The van der Waals surface area contributed by atoms with Crippen LogP contribution in [-0.2, 0) is 17.1 Å². The lowest BCUT2D eigenvalue weighted by Crippen LogP contribution is -2.33. The van der Waals surface area contributed by atoms with Gasteiger partial charge in [0, 0.05) is 25.9 Å².